The Morgan fingerprint density at radius 1 is 1.33 bits per heavy atom. The van der Waals surface area contributed by atoms with Gasteiger partial charge >= 0.3 is 0 Å². The number of anilines is 1. The van der Waals surface area contributed by atoms with Gasteiger partial charge in [0.25, 0.3) is 0 Å². The smallest absolute Gasteiger partial charge is 0.205 e. The molecule has 2 aliphatic heterocycles. The van der Waals surface area contributed by atoms with Crippen molar-refractivity contribution in [1.82, 2.24) is 14.9 Å². The van der Waals surface area contributed by atoms with Gasteiger partial charge in [-0.05, 0) is 32.1 Å². The number of hydrogen-bond donors (Lipinski definition) is 1. The number of nitrogens with one attached hydrogen (secondary N) is 1. The first-order chi connectivity index (χ1) is 8.69. The maximum Gasteiger partial charge on any atom is 0.205 e. The minimum absolute atomic E-state index is 0.492. The molecule has 4 heteroatoms. The van der Waals surface area contributed by atoms with E-state index in [2.05, 4.69) is 41.8 Å². The lowest BCUT2D eigenvalue weighted by atomic mass is 10.0. The molecule has 3 rings (SSSR count). The molecule has 2 atom stereocenters. The van der Waals surface area contributed by atoms with Crippen LogP contribution >= 0.6 is 0 Å². The van der Waals surface area contributed by atoms with E-state index in [9.17, 15) is 0 Å². The summed E-state index contributed by atoms with van der Waals surface area (Å²) in [6.07, 6.45) is 3.25. The SMILES string of the molecule is CCc1cn(C(C)C)c(N2CC3CNCC3C2)n1. The van der Waals surface area contributed by atoms with Gasteiger partial charge in [-0.2, -0.15) is 0 Å². The quantitative estimate of drug-likeness (QED) is 0.883. The first-order valence-corrected chi connectivity index (χ1v) is 7.22. The summed E-state index contributed by atoms with van der Waals surface area (Å²) in [5, 5.41) is 3.50. The molecule has 0 amide bonds. The summed E-state index contributed by atoms with van der Waals surface area (Å²) in [5.74, 6) is 2.84. The Morgan fingerprint density at radius 3 is 2.56 bits per heavy atom. The highest BCUT2D eigenvalue weighted by atomic mass is 15.3. The Hall–Kier alpha value is -1.03. The summed E-state index contributed by atoms with van der Waals surface area (Å²) >= 11 is 0. The van der Waals surface area contributed by atoms with Crippen molar-refractivity contribution in [2.75, 3.05) is 31.1 Å². The molecule has 3 heterocycles. The number of imidazole rings is 1. The van der Waals surface area contributed by atoms with Crippen LogP contribution in [0.5, 0.6) is 0 Å². The van der Waals surface area contributed by atoms with Gasteiger partial charge in [-0.1, -0.05) is 6.92 Å². The van der Waals surface area contributed by atoms with Gasteiger partial charge in [0.1, 0.15) is 0 Å². The minimum atomic E-state index is 0.492. The fourth-order valence-corrected chi connectivity index (χ4v) is 3.24. The molecular weight excluding hydrogens is 224 g/mol. The number of hydrogen-bond acceptors (Lipinski definition) is 3. The molecule has 1 N–H and O–H groups in total. The Morgan fingerprint density at radius 2 is 2.00 bits per heavy atom. The van der Waals surface area contributed by atoms with E-state index in [1.54, 1.807) is 0 Å². The molecule has 0 aliphatic carbocycles. The first-order valence-electron chi connectivity index (χ1n) is 7.22. The number of fused-ring (bicyclic) bond motifs is 1. The topological polar surface area (TPSA) is 33.1 Å². The van der Waals surface area contributed by atoms with Gasteiger partial charge in [0.15, 0.2) is 0 Å². The Balaban J connectivity index is 1.85. The number of rotatable bonds is 3. The second-order valence-electron chi connectivity index (χ2n) is 5.97. The van der Waals surface area contributed by atoms with Crippen molar-refractivity contribution in [3.05, 3.63) is 11.9 Å². The predicted molar refractivity (Wildman–Crippen MR) is 74.1 cm³/mol. The largest absolute Gasteiger partial charge is 0.342 e. The summed E-state index contributed by atoms with van der Waals surface area (Å²) in [7, 11) is 0. The fourth-order valence-electron chi connectivity index (χ4n) is 3.24. The van der Waals surface area contributed by atoms with Crippen LogP contribution in [-0.4, -0.2) is 35.7 Å². The van der Waals surface area contributed by atoms with Crippen LogP contribution in [-0.2, 0) is 6.42 Å². The average Bonchev–Trinajstić information content (AvgIpc) is 3.01. The first kappa shape index (κ1) is 12.0. The van der Waals surface area contributed by atoms with Crippen LogP contribution in [0.2, 0.25) is 0 Å². The van der Waals surface area contributed by atoms with Gasteiger partial charge in [-0.3, -0.25) is 0 Å². The van der Waals surface area contributed by atoms with Gasteiger partial charge in [0.05, 0.1) is 5.69 Å². The lowest BCUT2D eigenvalue weighted by molar-refractivity contribution is 0.533. The fraction of sp³-hybridized carbons (Fsp3) is 0.786. The van der Waals surface area contributed by atoms with E-state index >= 15 is 0 Å². The van der Waals surface area contributed by atoms with Crippen LogP contribution < -0.4 is 10.2 Å². The van der Waals surface area contributed by atoms with Gasteiger partial charge < -0.3 is 14.8 Å². The van der Waals surface area contributed by atoms with Gasteiger partial charge in [-0.15, -0.1) is 0 Å². The van der Waals surface area contributed by atoms with Crippen LogP contribution in [0.4, 0.5) is 5.95 Å². The predicted octanol–water partition coefficient (Wildman–Crippen LogP) is 1.68. The molecule has 0 spiro atoms. The Kier molecular flexibility index (Phi) is 3.06. The second-order valence-corrected chi connectivity index (χ2v) is 5.97. The number of aryl methyl sites for hydroxylation is 1. The molecule has 0 aromatic carbocycles. The van der Waals surface area contributed by atoms with Crippen molar-refractivity contribution in [1.29, 1.82) is 0 Å². The highest BCUT2D eigenvalue weighted by molar-refractivity contribution is 5.37. The molecule has 100 valence electrons. The maximum atomic E-state index is 4.83. The van der Waals surface area contributed by atoms with E-state index in [1.165, 1.54) is 37.8 Å². The summed E-state index contributed by atoms with van der Waals surface area (Å²) in [4.78, 5) is 7.32. The molecule has 2 aliphatic rings. The van der Waals surface area contributed by atoms with Crippen molar-refractivity contribution >= 4 is 5.95 Å². The molecule has 0 saturated carbocycles. The van der Waals surface area contributed by atoms with Crippen LogP contribution in [0.25, 0.3) is 0 Å². The molecule has 4 nitrogen and oxygen atoms in total. The van der Waals surface area contributed by atoms with E-state index in [-0.39, 0.29) is 0 Å². The Labute approximate surface area is 109 Å². The van der Waals surface area contributed by atoms with Gasteiger partial charge in [0, 0.05) is 38.4 Å². The molecule has 1 aromatic rings. The summed E-state index contributed by atoms with van der Waals surface area (Å²) in [5.41, 5.74) is 1.22. The molecule has 2 unspecified atom stereocenters. The molecule has 0 radical (unpaired) electrons. The third-order valence-corrected chi connectivity index (χ3v) is 4.35. The Bertz CT molecular complexity index is 411. The van der Waals surface area contributed by atoms with Crippen molar-refractivity contribution in [3.63, 3.8) is 0 Å². The third-order valence-electron chi connectivity index (χ3n) is 4.35. The zero-order chi connectivity index (χ0) is 12.7. The number of aromatic nitrogens is 2. The lowest BCUT2D eigenvalue weighted by Gasteiger charge is -2.21. The summed E-state index contributed by atoms with van der Waals surface area (Å²) in [6.45, 7) is 11.4. The van der Waals surface area contributed by atoms with E-state index < -0.39 is 0 Å². The van der Waals surface area contributed by atoms with Crippen LogP contribution in [0.15, 0.2) is 6.20 Å². The van der Waals surface area contributed by atoms with Gasteiger partial charge in [0.2, 0.25) is 5.95 Å². The molecule has 0 bridgehead atoms. The zero-order valence-corrected chi connectivity index (χ0v) is 11.7. The average molecular weight is 248 g/mol. The highest BCUT2D eigenvalue weighted by Crippen LogP contribution is 2.31. The zero-order valence-electron chi connectivity index (χ0n) is 11.7. The normalized spacial score (nSPS) is 27.2. The van der Waals surface area contributed by atoms with Crippen LogP contribution in [0.1, 0.15) is 32.5 Å². The lowest BCUT2D eigenvalue weighted by Crippen LogP contribution is -2.28. The van der Waals surface area contributed by atoms with E-state index in [4.69, 9.17) is 4.98 Å². The highest BCUT2D eigenvalue weighted by Gasteiger charge is 2.37. The summed E-state index contributed by atoms with van der Waals surface area (Å²) in [6, 6.07) is 0.492. The molecule has 2 saturated heterocycles. The molecular formula is C14H24N4. The van der Waals surface area contributed by atoms with E-state index in [0.29, 0.717) is 6.04 Å². The van der Waals surface area contributed by atoms with E-state index in [0.717, 1.165) is 18.3 Å². The van der Waals surface area contributed by atoms with Crippen LogP contribution in [0, 0.1) is 11.8 Å². The summed E-state index contributed by atoms with van der Waals surface area (Å²) < 4.78 is 2.34. The molecule has 2 fully saturated rings. The molecule has 18 heavy (non-hydrogen) atoms. The van der Waals surface area contributed by atoms with Crippen LogP contribution in [0.3, 0.4) is 0 Å². The minimum Gasteiger partial charge on any atom is -0.342 e. The van der Waals surface area contributed by atoms with E-state index in [1.807, 2.05) is 0 Å². The van der Waals surface area contributed by atoms with Crippen molar-refractivity contribution in [2.24, 2.45) is 11.8 Å². The third kappa shape index (κ3) is 1.92. The standard InChI is InChI=1S/C14H24N4/c1-4-13-9-18(10(2)3)14(16-13)17-7-11-5-15-6-12(11)8-17/h9-12,15H,4-8H2,1-3H3. The maximum absolute atomic E-state index is 4.83. The number of nitrogens with zero attached hydrogens (tertiary/aromatic N) is 3. The second kappa shape index (κ2) is 4.57. The van der Waals surface area contributed by atoms with Crippen molar-refractivity contribution < 1.29 is 0 Å². The monoisotopic (exact) mass is 248 g/mol. The van der Waals surface area contributed by atoms with Crippen molar-refractivity contribution in [2.45, 2.75) is 33.2 Å². The van der Waals surface area contributed by atoms with Crippen molar-refractivity contribution in [3.8, 4) is 0 Å². The molecule has 1 aromatic heterocycles. The van der Waals surface area contributed by atoms with Gasteiger partial charge in [-0.25, -0.2) is 4.98 Å².